The molecule has 0 fully saturated rings. The van der Waals surface area contributed by atoms with Gasteiger partial charge in [-0.1, -0.05) is 54.5 Å². The Kier molecular flexibility index (Phi) is 6.65. The highest BCUT2D eigenvalue weighted by Crippen LogP contribution is 2.26. The second-order valence-corrected chi connectivity index (χ2v) is 7.26. The van der Waals surface area contributed by atoms with Gasteiger partial charge in [-0.2, -0.15) is 4.98 Å². The molecule has 1 heterocycles. The number of amides is 1. The summed E-state index contributed by atoms with van der Waals surface area (Å²) in [4.78, 5) is 17.9. The quantitative estimate of drug-likeness (QED) is 0.578. The van der Waals surface area contributed by atoms with Crippen LogP contribution in [0.4, 0.5) is 0 Å². The van der Waals surface area contributed by atoms with Gasteiger partial charge in [-0.15, -0.1) is 11.8 Å². The van der Waals surface area contributed by atoms with E-state index in [1.165, 1.54) is 17.3 Å². The lowest BCUT2D eigenvalue weighted by Gasteiger charge is -2.17. The lowest BCUT2D eigenvalue weighted by atomic mass is 9.96. The summed E-state index contributed by atoms with van der Waals surface area (Å²) in [6.45, 7) is 4.54. The fourth-order valence-electron chi connectivity index (χ4n) is 2.85. The molecule has 3 aromatic rings. The maximum Gasteiger partial charge on any atom is 0.252 e. The standard InChI is InChI=1S/C21H23N3O2S/c1-3-16(17-9-5-4-6-10-17)13-22-21(25)18-11-7-8-12-19(18)27-14-20-23-15(2)24-26-20/h4-12,16H,3,13-14H2,1-2H3,(H,22,25). The molecule has 140 valence electrons. The van der Waals surface area contributed by atoms with Crippen molar-refractivity contribution >= 4 is 17.7 Å². The SMILES string of the molecule is CCC(CNC(=O)c1ccccc1SCc1nc(C)no1)c1ccccc1. The van der Waals surface area contributed by atoms with Crippen LogP contribution < -0.4 is 5.32 Å². The number of benzene rings is 2. The number of aryl methyl sites for hydroxylation is 1. The minimum absolute atomic E-state index is 0.0609. The molecule has 5 nitrogen and oxygen atoms in total. The lowest BCUT2D eigenvalue weighted by molar-refractivity contribution is 0.0948. The van der Waals surface area contributed by atoms with Gasteiger partial charge in [-0.3, -0.25) is 4.79 Å². The number of nitrogens with zero attached hydrogens (tertiary/aromatic N) is 2. The largest absolute Gasteiger partial charge is 0.351 e. The molecule has 1 amide bonds. The summed E-state index contributed by atoms with van der Waals surface area (Å²) in [5.74, 6) is 1.95. The molecule has 0 saturated carbocycles. The average molecular weight is 382 g/mol. The predicted molar refractivity (Wildman–Crippen MR) is 107 cm³/mol. The molecule has 0 aliphatic heterocycles. The Hall–Kier alpha value is -2.60. The second kappa shape index (κ2) is 9.37. The molecule has 1 atom stereocenters. The molecule has 27 heavy (non-hydrogen) atoms. The van der Waals surface area contributed by atoms with Crippen molar-refractivity contribution in [3.8, 4) is 0 Å². The van der Waals surface area contributed by atoms with Gasteiger partial charge in [0, 0.05) is 17.4 Å². The number of carbonyl (C=O) groups excluding carboxylic acids is 1. The maximum atomic E-state index is 12.8. The zero-order valence-corrected chi connectivity index (χ0v) is 16.3. The first kappa shape index (κ1) is 19.2. The summed E-state index contributed by atoms with van der Waals surface area (Å²) in [7, 11) is 0. The van der Waals surface area contributed by atoms with E-state index >= 15 is 0 Å². The Labute approximate surface area is 163 Å². The monoisotopic (exact) mass is 381 g/mol. The first-order chi connectivity index (χ1) is 13.2. The van der Waals surface area contributed by atoms with E-state index in [0.717, 1.165) is 11.3 Å². The van der Waals surface area contributed by atoms with Crippen LogP contribution in [-0.4, -0.2) is 22.6 Å². The summed E-state index contributed by atoms with van der Waals surface area (Å²) in [6, 6.07) is 17.9. The van der Waals surface area contributed by atoms with Crippen LogP contribution >= 0.6 is 11.8 Å². The summed E-state index contributed by atoms with van der Waals surface area (Å²) >= 11 is 1.52. The molecule has 1 N–H and O–H groups in total. The molecular formula is C21H23N3O2S. The minimum Gasteiger partial charge on any atom is -0.351 e. The molecule has 0 saturated heterocycles. The van der Waals surface area contributed by atoms with E-state index in [9.17, 15) is 4.79 Å². The van der Waals surface area contributed by atoms with E-state index in [-0.39, 0.29) is 5.91 Å². The molecule has 0 radical (unpaired) electrons. The van der Waals surface area contributed by atoms with Gasteiger partial charge < -0.3 is 9.84 Å². The van der Waals surface area contributed by atoms with Crippen molar-refractivity contribution in [3.63, 3.8) is 0 Å². The zero-order chi connectivity index (χ0) is 19.1. The van der Waals surface area contributed by atoms with Gasteiger partial charge in [0.25, 0.3) is 5.91 Å². The predicted octanol–water partition coefficient (Wildman–Crippen LogP) is 4.59. The number of hydrogen-bond acceptors (Lipinski definition) is 5. The van der Waals surface area contributed by atoms with Crippen molar-refractivity contribution in [2.45, 2.75) is 36.8 Å². The van der Waals surface area contributed by atoms with E-state index in [2.05, 4.69) is 34.5 Å². The summed E-state index contributed by atoms with van der Waals surface area (Å²) in [5, 5.41) is 6.88. The van der Waals surface area contributed by atoms with Crippen LogP contribution in [0.3, 0.4) is 0 Å². The van der Waals surface area contributed by atoms with Crippen LogP contribution in [0.5, 0.6) is 0 Å². The third-order valence-corrected chi connectivity index (χ3v) is 5.38. The van der Waals surface area contributed by atoms with Gasteiger partial charge in [0.2, 0.25) is 5.89 Å². The van der Waals surface area contributed by atoms with E-state index in [0.29, 0.717) is 35.5 Å². The van der Waals surface area contributed by atoms with Gasteiger partial charge in [0.1, 0.15) is 0 Å². The van der Waals surface area contributed by atoms with Gasteiger partial charge >= 0.3 is 0 Å². The van der Waals surface area contributed by atoms with Crippen molar-refractivity contribution in [3.05, 3.63) is 77.4 Å². The normalized spacial score (nSPS) is 11.9. The van der Waals surface area contributed by atoms with Crippen molar-refractivity contribution in [2.24, 2.45) is 0 Å². The van der Waals surface area contributed by atoms with Crippen LogP contribution in [0.25, 0.3) is 0 Å². The van der Waals surface area contributed by atoms with E-state index in [1.807, 2.05) is 42.5 Å². The third kappa shape index (κ3) is 5.20. The van der Waals surface area contributed by atoms with Crippen molar-refractivity contribution in [1.29, 1.82) is 0 Å². The molecule has 3 rings (SSSR count). The first-order valence-corrected chi connectivity index (χ1v) is 10.00. The second-order valence-electron chi connectivity index (χ2n) is 6.25. The molecule has 0 spiro atoms. The van der Waals surface area contributed by atoms with E-state index in [4.69, 9.17) is 4.52 Å². The fraction of sp³-hybridized carbons (Fsp3) is 0.286. The number of nitrogens with one attached hydrogen (secondary N) is 1. The van der Waals surface area contributed by atoms with Crippen LogP contribution in [0.1, 0.15) is 46.9 Å². The molecule has 6 heteroatoms. The van der Waals surface area contributed by atoms with Crippen LogP contribution in [0.15, 0.2) is 64.0 Å². The Morgan fingerprint density at radius 2 is 1.89 bits per heavy atom. The molecule has 1 unspecified atom stereocenters. The highest BCUT2D eigenvalue weighted by molar-refractivity contribution is 7.98. The smallest absolute Gasteiger partial charge is 0.252 e. The number of aromatic nitrogens is 2. The van der Waals surface area contributed by atoms with Gasteiger partial charge in [-0.05, 0) is 31.0 Å². The third-order valence-electron chi connectivity index (χ3n) is 4.33. The van der Waals surface area contributed by atoms with E-state index < -0.39 is 0 Å². The number of thioether (sulfide) groups is 1. The Bertz CT molecular complexity index is 880. The molecule has 2 aromatic carbocycles. The van der Waals surface area contributed by atoms with Crippen LogP contribution in [0.2, 0.25) is 0 Å². The van der Waals surface area contributed by atoms with E-state index in [1.54, 1.807) is 6.92 Å². The topological polar surface area (TPSA) is 68.0 Å². The zero-order valence-electron chi connectivity index (χ0n) is 15.5. The highest BCUT2D eigenvalue weighted by Gasteiger charge is 2.15. The highest BCUT2D eigenvalue weighted by atomic mass is 32.2. The number of rotatable bonds is 8. The molecule has 0 bridgehead atoms. The van der Waals surface area contributed by atoms with Gasteiger partial charge in [-0.25, -0.2) is 0 Å². The molecule has 1 aromatic heterocycles. The minimum atomic E-state index is -0.0609. The van der Waals surface area contributed by atoms with Crippen LogP contribution in [0, 0.1) is 6.92 Å². The summed E-state index contributed by atoms with van der Waals surface area (Å²) in [6.07, 6.45) is 0.969. The summed E-state index contributed by atoms with van der Waals surface area (Å²) < 4.78 is 5.15. The number of hydrogen-bond donors (Lipinski definition) is 1. The molecular weight excluding hydrogens is 358 g/mol. The Balaban J connectivity index is 1.64. The van der Waals surface area contributed by atoms with Gasteiger partial charge in [0.05, 0.1) is 11.3 Å². The Morgan fingerprint density at radius 1 is 1.15 bits per heavy atom. The van der Waals surface area contributed by atoms with Gasteiger partial charge in [0.15, 0.2) is 5.82 Å². The number of carbonyl (C=O) groups is 1. The van der Waals surface area contributed by atoms with Crippen molar-refractivity contribution in [1.82, 2.24) is 15.5 Å². The fourth-order valence-corrected chi connectivity index (χ4v) is 3.74. The summed E-state index contributed by atoms with van der Waals surface area (Å²) in [5.41, 5.74) is 1.91. The lowest BCUT2D eigenvalue weighted by Crippen LogP contribution is -2.28. The first-order valence-electron chi connectivity index (χ1n) is 9.01. The average Bonchev–Trinajstić information content (AvgIpc) is 3.13. The Morgan fingerprint density at radius 3 is 2.59 bits per heavy atom. The van der Waals surface area contributed by atoms with Crippen molar-refractivity contribution in [2.75, 3.05) is 6.54 Å². The molecule has 0 aliphatic carbocycles. The molecule has 0 aliphatic rings. The maximum absolute atomic E-state index is 12.8. The van der Waals surface area contributed by atoms with Crippen LogP contribution in [-0.2, 0) is 5.75 Å². The van der Waals surface area contributed by atoms with Crippen molar-refractivity contribution < 1.29 is 9.32 Å².